The average molecular weight is 448 g/mol. The van der Waals surface area contributed by atoms with E-state index in [9.17, 15) is 4.79 Å². The molecule has 3 rings (SSSR count). The predicted molar refractivity (Wildman–Crippen MR) is 126 cm³/mol. The zero-order valence-electron chi connectivity index (χ0n) is 20.3. The molecule has 0 aliphatic carbocycles. The molecule has 1 atom stereocenters. The third-order valence-corrected chi connectivity index (χ3v) is 6.21. The number of amides is 1. The first-order chi connectivity index (χ1) is 15.4. The van der Waals surface area contributed by atoms with Crippen LogP contribution in [-0.4, -0.2) is 67.1 Å². The molecule has 0 radical (unpaired) electrons. The molecule has 7 heteroatoms. The SMILES string of the molecule is CCCCOCCC1CCN(c2cncc(OC[C@@H]3CCN3C(=O)OC(C)(C)C)c2)CC1. The van der Waals surface area contributed by atoms with Crippen molar-refractivity contribution in [3.8, 4) is 5.75 Å². The second-order valence-corrected chi connectivity index (χ2v) is 9.99. The summed E-state index contributed by atoms with van der Waals surface area (Å²) in [6.45, 7) is 12.9. The van der Waals surface area contributed by atoms with Crippen molar-refractivity contribution < 1.29 is 19.0 Å². The fourth-order valence-electron chi connectivity index (χ4n) is 4.10. The summed E-state index contributed by atoms with van der Waals surface area (Å²) in [7, 11) is 0. The molecule has 1 amide bonds. The normalized spacial score (nSPS) is 19.6. The lowest BCUT2D eigenvalue weighted by molar-refractivity contribution is -0.0141. The molecule has 2 saturated heterocycles. The van der Waals surface area contributed by atoms with Gasteiger partial charge in [0.15, 0.2) is 0 Å². The van der Waals surface area contributed by atoms with Gasteiger partial charge in [-0.3, -0.25) is 4.98 Å². The van der Waals surface area contributed by atoms with Crippen molar-refractivity contribution in [2.45, 2.75) is 77.9 Å². The van der Waals surface area contributed by atoms with E-state index in [1.54, 1.807) is 11.1 Å². The van der Waals surface area contributed by atoms with E-state index >= 15 is 0 Å². The van der Waals surface area contributed by atoms with Gasteiger partial charge in [0.25, 0.3) is 0 Å². The minimum Gasteiger partial charge on any atom is -0.490 e. The number of aromatic nitrogens is 1. The maximum Gasteiger partial charge on any atom is 0.410 e. The molecule has 2 aliphatic rings. The van der Waals surface area contributed by atoms with E-state index in [4.69, 9.17) is 14.2 Å². The van der Waals surface area contributed by atoms with Gasteiger partial charge in [0, 0.05) is 38.9 Å². The lowest BCUT2D eigenvalue weighted by Crippen LogP contribution is -2.55. The molecule has 0 saturated carbocycles. The maximum atomic E-state index is 12.3. The number of carbonyl (C=O) groups excluding carboxylic acids is 1. The lowest BCUT2D eigenvalue weighted by atomic mass is 9.94. The highest BCUT2D eigenvalue weighted by Gasteiger charge is 2.35. The van der Waals surface area contributed by atoms with Gasteiger partial charge in [-0.25, -0.2) is 4.79 Å². The number of hydrogen-bond acceptors (Lipinski definition) is 6. The highest BCUT2D eigenvalue weighted by atomic mass is 16.6. The number of unbranched alkanes of at least 4 members (excludes halogenated alkanes) is 1. The predicted octanol–water partition coefficient (Wildman–Crippen LogP) is 4.89. The Morgan fingerprint density at radius 3 is 2.56 bits per heavy atom. The fourth-order valence-corrected chi connectivity index (χ4v) is 4.10. The smallest absolute Gasteiger partial charge is 0.410 e. The topological polar surface area (TPSA) is 64.1 Å². The van der Waals surface area contributed by atoms with Crippen LogP contribution in [0.1, 0.15) is 66.2 Å². The summed E-state index contributed by atoms with van der Waals surface area (Å²) in [4.78, 5) is 20.8. The molecule has 2 fully saturated rings. The molecule has 0 spiro atoms. The number of pyridine rings is 1. The van der Waals surface area contributed by atoms with Crippen molar-refractivity contribution in [2.75, 3.05) is 44.4 Å². The molecule has 0 N–H and O–H groups in total. The van der Waals surface area contributed by atoms with Crippen molar-refractivity contribution in [1.29, 1.82) is 0 Å². The van der Waals surface area contributed by atoms with Gasteiger partial charge in [-0.05, 0) is 58.8 Å². The minimum absolute atomic E-state index is 0.0591. The van der Waals surface area contributed by atoms with E-state index in [0.29, 0.717) is 6.61 Å². The van der Waals surface area contributed by atoms with Crippen LogP contribution in [0.4, 0.5) is 10.5 Å². The molecule has 32 heavy (non-hydrogen) atoms. The van der Waals surface area contributed by atoms with E-state index in [-0.39, 0.29) is 12.1 Å². The summed E-state index contributed by atoms with van der Waals surface area (Å²) >= 11 is 0. The molecule has 7 nitrogen and oxygen atoms in total. The van der Waals surface area contributed by atoms with Crippen LogP contribution in [0.25, 0.3) is 0 Å². The number of nitrogens with zero attached hydrogens (tertiary/aromatic N) is 3. The van der Waals surface area contributed by atoms with Crippen molar-refractivity contribution in [1.82, 2.24) is 9.88 Å². The lowest BCUT2D eigenvalue weighted by Gasteiger charge is -2.41. The van der Waals surface area contributed by atoms with Crippen LogP contribution in [-0.2, 0) is 9.47 Å². The van der Waals surface area contributed by atoms with Crippen LogP contribution in [0.5, 0.6) is 5.75 Å². The van der Waals surface area contributed by atoms with Crippen LogP contribution >= 0.6 is 0 Å². The molecule has 0 aromatic carbocycles. The van der Waals surface area contributed by atoms with Crippen LogP contribution < -0.4 is 9.64 Å². The number of hydrogen-bond donors (Lipinski definition) is 0. The van der Waals surface area contributed by atoms with Gasteiger partial charge in [0.2, 0.25) is 0 Å². The Balaban J connectivity index is 1.41. The molecular formula is C25H41N3O4. The van der Waals surface area contributed by atoms with E-state index < -0.39 is 5.60 Å². The van der Waals surface area contributed by atoms with Gasteiger partial charge in [-0.2, -0.15) is 0 Å². The molecule has 1 aromatic rings. The Morgan fingerprint density at radius 1 is 1.12 bits per heavy atom. The zero-order chi connectivity index (χ0) is 23.0. The Morgan fingerprint density at radius 2 is 1.91 bits per heavy atom. The Labute approximate surface area is 193 Å². The Bertz CT molecular complexity index is 713. The Kier molecular flexibility index (Phi) is 9.02. The van der Waals surface area contributed by atoms with Crippen LogP contribution in [0.2, 0.25) is 0 Å². The Hall–Kier alpha value is -2.02. The largest absolute Gasteiger partial charge is 0.490 e. The summed E-state index contributed by atoms with van der Waals surface area (Å²) in [5, 5.41) is 0. The molecule has 180 valence electrons. The van der Waals surface area contributed by atoms with Crippen LogP contribution in [0.3, 0.4) is 0 Å². The van der Waals surface area contributed by atoms with Gasteiger partial charge in [0.1, 0.15) is 18.0 Å². The minimum atomic E-state index is -0.480. The van der Waals surface area contributed by atoms with E-state index in [1.165, 1.54) is 19.3 Å². The van der Waals surface area contributed by atoms with Crippen LogP contribution in [0.15, 0.2) is 18.5 Å². The van der Waals surface area contributed by atoms with Gasteiger partial charge < -0.3 is 24.0 Å². The second kappa shape index (κ2) is 11.7. The number of ether oxygens (including phenoxy) is 3. The van der Waals surface area contributed by atoms with Gasteiger partial charge in [0.05, 0.1) is 24.1 Å². The quantitative estimate of drug-likeness (QED) is 0.476. The third-order valence-electron chi connectivity index (χ3n) is 6.21. The van der Waals surface area contributed by atoms with Crippen molar-refractivity contribution in [3.63, 3.8) is 0 Å². The van der Waals surface area contributed by atoms with Crippen molar-refractivity contribution in [3.05, 3.63) is 18.5 Å². The van der Waals surface area contributed by atoms with Gasteiger partial charge in [-0.1, -0.05) is 13.3 Å². The maximum absolute atomic E-state index is 12.3. The van der Waals surface area contributed by atoms with Gasteiger partial charge in [-0.15, -0.1) is 0 Å². The average Bonchev–Trinajstić information content (AvgIpc) is 2.72. The zero-order valence-corrected chi connectivity index (χ0v) is 20.3. The number of rotatable bonds is 10. The highest BCUT2D eigenvalue weighted by Crippen LogP contribution is 2.28. The first-order valence-corrected chi connectivity index (χ1v) is 12.3. The number of carbonyl (C=O) groups is 1. The van der Waals surface area contributed by atoms with Crippen molar-refractivity contribution >= 4 is 11.8 Å². The fraction of sp³-hybridized carbons (Fsp3) is 0.760. The first kappa shape index (κ1) is 24.6. The number of piperidine rings is 1. The van der Waals surface area contributed by atoms with Crippen LogP contribution in [0, 0.1) is 5.92 Å². The third kappa shape index (κ3) is 7.54. The first-order valence-electron chi connectivity index (χ1n) is 12.3. The number of likely N-dealkylation sites (tertiary alicyclic amines) is 1. The van der Waals surface area contributed by atoms with Crippen molar-refractivity contribution in [2.24, 2.45) is 5.92 Å². The summed E-state index contributed by atoms with van der Waals surface area (Å²) in [5.41, 5.74) is 0.629. The summed E-state index contributed by atoms with van der Waals surface area (Å²) < 4.78 is 17.2. The summed E-state index contributed by atoms with van der Waals surface area (Å²) in [6, 6.07) is 2.13. The molecular weight excluding hydrogens is 406 g/mol. The molecule has 0 unspecified atom stereocenters. The summed E-state index contributed by atoms with van der Waals surface area (Å²) in [5.74, 6) is 1.50. The summed E-state index contributed by atoms with van der Waals surface area (Å²) in [6.07, 6.45) is 10.2. The standard InChI is InChI=1S/C25H41N3O4/c1-5-6-14-30-15-10-20-7-11-27(12-8-20)22-16-23(18-26-17-22)31-19-21-9-13-28(21)24(29)32-25(2,3)4/h16-18,20-21H,5-15,19H2,1-4H3/t21-/m0/s1. The van der Waals surface area contributed by atoms with E-state index in [2.05, 4.69) is 22.9 Å². The molecule has 2 aliphatic heterocycles. The second-order valence-electron chi connectivity index (χ2n) is 9.99. The van der Waals surface area contributed by atoms with Gasteiger partial charge >= 0.3 is 6.09 Å². The van der Waals surface area contributed by atoms with E-state index in [1.807, 2.05) is 27.0 Å². The molecule has 1 aromatic heterocycles. The highest BCUT2D eigenvalue weighted by molar-refractivity contribution is 5.69. The number of anilines is 1. The monoisotopic (exact) mass is 447 g/mol. The molecule has 0 bridgehead atoms. The van der Waals surface area contributed by atoms with E-state index in [0.717, 1.165) is 69.5 Å². The molecule has 3 heterocycles.